The molecule has 0 saturated heterocycles. The third-order valence-corrected chi connectivity index (χ3v) is 4.91. The van der Waals surface area contributed by atoms with Crippen molar-refractivity contribution in [3.05, 3.63) is 16.1 Å². The number of hydrogen-bond acceptors (Lipinski definition) is 4. The third-order valence-electron chi connectivity index (χ3n) is 4.03. The summed E-state index contributed by atoms with van der Waals surface area (Å²) in [5.41, 5.74) is 0.838. The number of nitrogens with zero attached hydrogens (tertiary/aromatic N) is 1. The van der Waals surface area contributed by atoms with Gasteiger partial charge in [0.15, 0.2) is 0 Å². The first-order valence-electron chi connectivity index (χ1n) is 6.53. The normalized spacial score (nSPS) is 27.6. The van der Waals surface area contributed by atoms with Crippen LogP contribution in [0, 0.1) is 11.8 Å². The fourth-order valence-electron chi connectivity index (χ4n) is 2.83. The highest BCUT2D eigenvalue weighted by Gasteiger charge is 2.31. The second kappa shape index (κ2) is 5.80. The van der Waals surface area contributed by atoms with Gasteiger partial charge < -0.3 is 10.4 Å². The zero-order valence-corrected chi connectivity index (χ0v) is 11.7. The monoisotopic (exact) mass is 268 g/mol. The van der Waals surface area contributed by atoms with Gasteiger partial charge in [-0.1, -0.05) is 20.3 Å². The van der Waals surface area contributed by atoms with Crippen LogP contribution in [0.4, 0.5) is 0 Å². The van der Waals surface area contributed by atoms with Gasteiger partial charge in [0.05, 0.1) is 5.69 Å². The Balaban J connectivity index is 1.86. The average molecular weight is 268 g/mol. The Morgan fingerprint density at radius 2 is 2.39 bits per heavy atom. The number of rotatable bonds is 5. The summed E-state index contributed by atoms with van der Waals surface area (Å²) >= 11 is 1.20. The van der Waals surface area contributed by atoms with Crippen LogP contribution in [-0.2, 0) is 6.54 Å². The van der Waals surface area contributed by atoms with E-state index in [-0.39, 0.29) is 5.01 Å². The molecule has 5 heteroatoms. The van der Waals surface area contributed by atoms with Gasteiger partial charge in [-0.3, -0.25) is 0 Å². The molecule has 2 N–H and O–H groups in total. The molecule has 100 valence electrons. The standard InChI is InChI=1S/C13H20N2O2S/c1-3-9-4-5-11(8(9)2)14-6-10-7-18-12(15-10)13(16)17/h7-9,11,14H,3-6H2,1-2H3,(H,16,17). The van der Waals surface area contributed by atoms with Crippen LogP contribution in [0.1, 0.15) is 48.6 Å². The summed E-state index contributed by atoms with van der Waals surface area (Å²) in [5.74, 6) is 0.589. The zero-order chi connectivity index (χ0) is 13.1. The summed E-state index contributed by atoms with van der Waals surface area (Å²) in [6.45, 7) is 5.24. The first-order chi connectivity index (χ1) is 8.61. The Hall–Kier alpha value is -0.940. The van der Waals surface area contributed by atoms with Gasteiger partial charge in [-0.15, -0.1) is 11.3 Å². The van der Waals surface area contributed by atoms with Gasteiger partial charge in [0, 0.05) is 18.0 Å². The van der Waals surface area contributed by atoms with Crippen LogP contribution in [-0.4, -0.2) is 22.1 Å². The van der Waals surface area contributed by atoms with Crippen molar-refractivity contribution < 1.29 is 9.90 Å². The minimum Gasteiger partial charge on any atom is -0.476 e. The maximum atomic E-state index is 10.7. The first-order valence-corrected chi connectivity index (χ1v) is 7.40. The zero-order valence-electron chi connectivity index (χ0n) is 10.8. The molecule has 1 aliphatic rings. The Bertz CT molecular complexity index is 419. The number of thiazole rings is 1. The molecule has 1 aromatic rings. The number of carboxylic acids is 1. The van der Waals surface area contributed by atoms with Crippen LogP contribution < -0.4 is 5.32 Å². The summed E-state index contributed by atoms with van der Waals surface area (Å²) in [4.78, 5) is 14.8. The lowest BCUT2D eigenvalue weighted by atomic mass is 9.93. The summed E-state index contributed by atoms with van der Waals surface area (Å²) < 4.78 is 0. The molecule has 0 spiro atoms. The number of carbonyl (C=O) groups is 1. The Labute approximate surface area is 111 Å². The van der Waals surface area contributed by atoms with Gasteiger partial charge in [-0.25, -0.2) is 9.78 Å². The van der Waals surface area contributed by atoms with Gasteiger partial charge >= 0.3 is 5.97 Å². The summed E-state index contributed by atoms with van der Waals surface area (Å²) in [6.07, 6.45) is 3.77. The predicted octanol–water partition coefficient (Wildman–Crippen LogP) is 2.76. The molecule has 3 unspecified atom stereocenters. The highest BCUT2D eigenvalue weighted by Crippen LogP contribution is 2.33. The van der Waals surface area contributed by atoms with E-state index >= 15 is 0 Å². The SMILES string of the molecule is CCC1CCC(NCc2csc(C(=O)O)n2)C1C. The van der Waals surface area contributed by atoms with Crippen molar-refractivity contribution in [2.24, 2.45) is 11.8 Å². The number of nitrogens with one attached hydrogen (secondary N) is 1. The van der Waals surface area contributed by atoms with Crippen molar-refractivity contribution in [1.82, 2.24) is 10.3 Å². The molecule has 0 radical (unpaired) electrons. The maximum absolute atomic E-state index is 10.7. The van der Waals surface area contributed by atoms with Crippen LogP contribution in [0.3, 0.4) is 0 Å². The van der Waals surface area contributed by atoms with Crippen LogP contribution in [0.2, 0.25) is 0 Å². The van der Waals surface area contributed by atoms with E-state index in [1.54, 1.807) is 0 Å². The fraction of sp³-hybridized carbons (Fsp3) is 0.692. The third kappa shape index (κ3) is 2.90. The molecule has 1 fully saturated rings. The Morgan fingerprint density at radius 3 is 2.94 bits per heavy atom. The van der Waals surface area contributed by atoms with Crippen molar-refractivity contribution in [3.8, 4) is 0 Å². The molecule has 1 heterocycles. The highest BCUT2D eigenvalue weighted by atomic mass is 32.1. The molecule has 0 amide bonds. The van der Waals surface area contributed by atoms with Gasteiger partial charge in [-0.05, 0) is 24.7 Å². The average Bonchev–Trinajstić information content (AvgIpc) is 2.93. The predicted molar refractivity (Wildman–Crippen MR) is 71.9 cm³/mol. The maximum Gasteiger partial charge on any atom is 0.365 e. The van der Waals surface area contributed by atoms with Crippen LogP contribution in [0.25, 0.3) is 0 Å². The minimum absolute atomic E-state index is 0.178. The van der Waals surface area contributed by atoms with Gasteiger partial charge in [-0.2, -0.15) is 0 Å². The molecule has 2 rings (SSSR count). The fourth-order valence-corrected chi connectivity index (χ4v) is 3.49. The second-order valence-electron chi connectivity index (χ2n) is 5.04. The van der Waals surface area contributed by atoms with Gasteiger partial charge in [0.1, 0.15) is 0 Å². The molecule has 3 atom stereocenters. The second-order valence-corrected chi connectivity index (χ2v) is 5.90. The lowest BCUT2D eigenvalue weighted by Crippen LogP contribution is -2.32. The molecular formula is C13H20N2O2S. The number of hydrogen-bond donors (Lipinski definition) is 2. The van der Waals surface area contributed by atoms with E-state index in [4.69, 9.17) is 5.11 Å². The van der Waals surface area contributed by atoms with E-state index < -0.39 is 5.97 Å². The quantitative estimate of drug-likeness (QED) is 0.862. The van der Waals surface area contributed by atoms with E-state index in [2.05, 4.69) is 24.1 Å². The molecule has 0 aliphatic heterocycles. The summed E-state index contributed by atoms with van der Waals surface area (Å²) in [6, 6.07) is 0.546. The van der Waals surface area contributed by atoms with E-state index in [0.717, 1.165) is 11.6 Å². The minimum atomic E-state index is -0.938. The molecule has 0 bridgehead atoms. The lowest BCUT2D eigenvalue weighted by molar-refractivity contribution is 0.0696. The van der Waals surface area contributed by atoms with Crippen molar-refractivity contribution in [2.75, 3.05) is 0 Å². The summed E-state index contributed by atoms with van der Waals surface area (Å²) in [5, 5.41) is 14.3. The van der Waals surface area contributed by atoms with E-state index in [1.807, 2.05) is 5.38 Å². The van der Waals surface area contributed by atoms with E-state index in [1.165, 1.54) is 30.6 Å². The molecule has 1 aliphatic carbocycles. The van der Waals surface area contributed by atoms with Crippen LogP contribution in [0.15, 0.2) is 5.38 Å². The molecule has 4 nitrogen and oxygen atoms in total. The molecule has 0 aromatic carbocycles. The van der Waals surface area contributed by atoms with Gasteiger partial charge in [0.25, 0.3) is 0 Å². The van der Waals surface area contributed by atoms with Crippen molar-refractivity contribution in [3.63, 3.8) is 0 Å². The topological polar surface area (TPSA) is 62.2 Å². The summed E-state index contributed by atoms with van der Waals surface area (Å²) in [7, 11) is 0. The van der Waals surface area contributed by atoms with Crippen molar-refractivity contribution >= 4 is 17.3 Å². The van der Waals surface area contributed by atoms with Crippen LogP contribution >= 0.6 is 11.3 Å². The van der Waals surface area contributed by atoms with Crippen LogP contribution in [0.5, 0.6) is 0 Å². The molecule has 1 saturated carbocycles. The number of aromatic carboxylic acids is 1. The molecule has 1 aromatic heterocycles. The Kier molecular flexibility index (Phi) is 4.35. The Morgan fingerprint density at radius 1 is 1.61 bits per heavy atom. The van der Waals surface area contributed by atoms with E-state index in [9.17, 15) is 4.79 Å². The van der Waals surface area contributed by atoms with Crippen molar-refractivity contribution in [2.45, 2.75) is 45.7 Å². The highest BCUT2D eigenvalue weighted by molar-refractivity contribution is 7.11. The first kappa shape index (κ1) is 13.5. The molecule has 18 heavy (non-hydrogen) atoms. The number of aromatic nitrogens is 1. The van der Waals surface area contributed by atoms with Crippen molar-refractivity contribution in [1.29, 1.82) is 0 Å². The molecular weight excluding hydrogens is 248 g/mol. The largest absolute Gasteiger partial charge is 0.476 e. The lowest BCUT2D eigenvalue weighted by Gasteiger charge is -2.20. The van der Waals surface area contributed by atoms with E-state index in [0.29, 0.717) is 18.5 Å². The van der Waals surface area contributed by atoms with Gasteiger partial charge in [0.2, 0.25) is 5.01 Å². The number of carboxylic acid groups (broad SMARTS) is 1. The smallest absolute Gasteiger partial charge is 0.365 e.